The van der Waals surface area contributed by atoms with Gasteiger partial charge in [-0.05, 0) is 6.42 Å². The van der Waals surface area contributed by atoms with E-state index in [-0.39, 0.29) is 0 Å². The molecule has 0 heteroatoms. The fourth-order valence-electron chi connectivity index (χ4n) is 0. The molecule has 110 valence electrons. The Labute approximate surface area is 114 Å². The van der Waals surface area contributed by atoms with E-state index in [1.54, 1.807) is 0 Å². The standard InChI is InChI=1S/C3H4.2C3H8.3C2H6.C2H4/c1-2-3-1;2*1-3-2;4*1-2/h1-2H,3H2;2*3H2,1-2H3;3*1-2H3;1-2H2. The zero-order valence-electron chi connectivity index (χ0n) is 14.7. The second kappa shape index (κ2) is 162. The van der Waals surface area contributed by atoms with Gasteiger partial charge in [0.2, 0.25) is 0 Å². The van der Waals surface area contributed by atoms with E-state index < -0.39 is 0 Å². The maximum atomic E-state index is 3.00. The summed E-state index contributed by atoms with van der Waals surface area (Å²) in [6, 6.07) is 0. The Hall–Kier alpha value is -0.520. The maximum Gasteiger partial charge on any atom is -0.0169 e. The minimum Gasteiger partial charge on any atom is -0.106 e. The van der Waals surface area contributed by atoms with Crippen molar-refractivity contribution in [2.24, 2.45) is 0 Å². The van der Waals surface area contributed by atoms with Crippen LogP contribution in [0.2, 0.25) is 0 Å². The van der Waals surface area contributed by atoms with Gasteiger partial charge in [-0.3, -0.25) is 0 Å². The van der Waals surface area contributed by atoms with E-state index in [1.807, 2.05) is 41.5 Å². The zero-order valence-corrected chi connectivity index (χ0v) is 14.7. The van der Waals surface area contributed by atoms with Crippen LogP contribution in [0.5, 0.6) is 0 Å². The summed E-state index contributed by atoms with van der Waals surface area (Å²) in [6.07, 6.45) is 8.00. The number of hydrogen-bond donors (Lipinski definition) is 0. The van der Waals surface area contributed by atoms with E-state index in [9.17, 15) is 0 Å². The average Bonchev–Trinajstić information content (AvgIpc) is 3.28. The van der Waals surface area contributed by atoms with Crippen LogP contribution >= 0.6 is 0 Å². The van der Waals surface area contributed by atoms with Gasteiger partial charge in [0, 0.05) is 0 Å². The highest BCUT2D eigenvalue weighted by atomic mass is 13.8. The molecule has 0 radical (unpaired) electrons. The molecule has 0 amide bonds. The minimum atomic E-state index is 1.25. The molecule has 0 aromatic carbocycles. The Morgan fingerprint density at radius 2 is 0.706 bits per heavy atom. The molecule has 0 aliphatic heterocycles. The Morgan fingerprint density at radius 3 is 0.706 bits per heavy atom. The summed E-state index contributed by atoms with van der Waals surface area (Å²) in [5, 5.41) is 0. The quantitative estimate of drug-likeness (QED) is 0.385. The van der Waals surface area contributed by atoms with Gasteiger partial charge in [0.05, 0.1) is 0 Å². The van der Waals surface area contributed by atoms with Gasteiger partial charge in [0.15, 0.2) is 0 Å². The molecule has 17 heavy (non-hydrogen) atoms. The highest BCUT2D eigenvalue weighted by Gasteiger charge is 1.75. The molecule has 1 aliphatic rings. The van der Waals surface area contributed by atoms with Gasteiger partial charge in [0.1, 0.15) is 0 Å². The van der Waals surface area contributed by atoms with E-state index in [2.05, 4.69) is 53.0 Å². The molecule has 0 aromatic rings. The lowest BCUT2D eigenvalue weighted by Crippen LogP contribution is -1.27. The van der Waals surface area contributed by atoms with Crippen LogP contribution in [0.3, 0.4) is 0 Å². The monoisotopic (exact) mass is 246 g/mol. The summed E-state index contributed by atoms with van der Waals surface area (Å²) < 4.78 is 0. The Morgan fingerprint density at radius 1 is 0.647 bits per heavy atom. The second-order valence-electron chi connectivity index (χ2n) is 2.12. The summed E-state index contributed by atoms with van der Waals surface area (Å²) >= 11 is 0. The molecule has 0 N–H and O–H groups in total. The lowest BCUT2D eigenvalue weighted by atomic mass is 10.6. The Bertz CT molecular complexity index is 47.1. The van der Waals surface area contributed by atoms with Crippen molar-refractivity contribution in [1.29, 1.82) is 0 Å². The van der Waals surface area contributed by atoms with Crippen molar-refractivity contribution in [3.63, 3.8) is 0 Å². The van der Waals surface area contributed by atoms with Gasteiger partial charge in [0.25, 0.3) is 0 Å². The topological polar surface area (TPSA) is 0 Å². The number of hydrogen-bond acceptors (Lipinski definition) is 0. The third-order valence-corrected chi connectivity index (χ3v) is 0.236. The summed E-state index contributed by atoms with van der Waals surface area (Å²) in [7, 11) is 0. The fraction of sp³-hybridized carbons (Fsp3) is 0.765. The summed E-state index contributed by atoms with van der Waals surface area (Å²) in [6.45, 7) is 26.5. The number of rotatable bonds is 0. The summed E-state index contributed by atoms with van der Waals surface area (Å²) in [4.78, 5) is 0. The predicted octanol–water partition coefficient (Wildman–Crippen LogP) is 7.66. The molecule has 0 fully saturated rings. The third kappa shape index (κ3) is 12200. The molecule has 1 rings (SSSR count). The van der Waals surface area contributed by atoms with Gasteiger partial charge >= 0.3 is 0 Å². The van der Waals surface area contributed by atoms with Crippen molar-refractivity contribution in [3.8, 4) is 0 Å². The SMILES string of the molecule is C1=CC1.C=C.CC.CC.CC.CCC.CCC. The van der Waals surface area contributed by atoms with Gasteiger partial charge in [-0.15, -0.1) is 13.2 Å². The number of allylic oxidation sites excluding steroid dienone is 2. The van der Waals surface area contributed by atoms with Crippen molar-refractivity contribution >= 4 is 0 Å². The smallest absolute Gasteiger partial charge is 0.0169 e. The van der Waals surface area contributed by atoms with Crippen LogP contribution in [-0.2, 0) is 0 Å². The van der Waals surface area contributed by atoms with E-state index in [4.69, 9.17) is 0 Å². The van der Waals surface area contributed by atoms with Gasteiger partial charge in [-0.2, -0.15) is 0 Å². The first-order chi connectivity index (χ1) is 8.33. The van der Waals surface area contributed by atoms with Crippen LogP contribution in [0.25, 0.3) is 0 Å². The molecule has 0 unspecified atom stereocenters. The summed E-state index contributed by atoms with van der Waals surface area (Å²) in [5.74, 6) is 0. The molecular weight excluding hydrogens is 204 g/mol. The first-order valence-electron chi connectivity index (χ1n) is 7.48. The molecule has 0 spiro atoms. The molecule has 0 aromatic heterocycles. The molecule has 0 heterocycles. The van der Waals surface area contributed by atoms with Crippen molar-refractivity contribution in [3.05, 3.63) is 25.3 Å². The van der Waals surface area contributed by atoms with Gasteiger partial charge in [-0.1, -0.05) is 94.2 Å². The lowest BCUT2D eigenvalue weighted by molar-refractivity contribution is 1.09. The van der Waals surface area contributed by atoms with Crippen LogP contribution in [0.1, 0.15) is 88.5 Å². The van der Waals surface area contributed by atoms with Crippen molar-refractivity contribution in [1.82, 2.24) is 0 Å². The van der Waals surface area contributed by atoms with Crippen molar-refractivity contribution in [2.75, 3.05) is 0 Å². The molecule has 1 aliphatic carbocycles. The van der Waals surface area contributed by atoms with Gasteiger partial charge in [-0.25, -0.2) is 0 Å². The van der Waals surface area contributed by atoms with E-state index in [1.165, 1.54) is 19.3 Å². The molecule has 0 saturated carbocycles. The van der Waals surface area contributed by atoms with E-state index in [0.717, 1.165) is 0 Å². The van der Waals surface area contributed by atoms with Crippen LogP contribution in [0, 0.1) is 0 Å². The second-order valence-corrected chi connectivity index (χ2v) is 2.12. The van der Waals surface area contributed by atoms with Crippen molar-refractivity contribution in [2.45, 2.75) is 88.5 Å². The summed E-state index contributed by atoms with van der Waals surface area (Å²) in [5.41, 5.74) is 0. The van der Waals surface area contributed by atoms with Crippen LogP contribution in [-0.4, -0.2) is 0 Å². The Kier molecular flexibility index (Phi) is 342. The highest BCUT2D eigenvalue weighted by Crippen LogP contribution is 1.96. The molecule has 0 saturated heterocycles. The molecule has 0 bridgehead atoms. The van der Waals surface area contributed by atoms with Gasteiger partial charge < -0.3 is 0 Å². The zero-order chi connectivity index (χ0) is 15.5. The van der Waals surface area contributed by atoms with Crippen molar-refractivity contribution < 1.29 is 0 Å². The molecular formula is C17H42. The Balaban J connectivity index is -0.0000000211. The minimum absolute atomic E-state index is 1.25. The maximum absolute atomic E-state index is 3.00. The van der Waals surface area contributed by atoms with E-state index in [0.29, 0.717) is 0 Å². The van der Waals surface area contributed by atoms with Crippen LogP contribution in [0.4, 0.5) is 0 Å². The first kappa shape index (κ1) is 36.0. The largest absolute Gasteiger partial charge is 0.106 e. The first-order valence-corrected chi connectivity index (χ1v) is 7.48. The molecule has 0 nitrogen and oxygen atoms in total. The average molecular weight is 247 g/mol. The van der Waals surface area contributed by atoms with Crippen LogP contribution in [0.15, 0.2) is 25.3 Å². The van der Waals surface area contributed by atoms with Crippen LogP contribution < -0.4 is 0 Å². The fourth-order valence-corrected chi connectivity index (χ4v) is 0. The highest BCUT2D eigenvalue weighted by molar-refractivity contribution is 5.02. The molecule has 0 atom stereocenters. The van der Waals surface area contributed by atoms with E-state index >= 15 is 0 Å². The lowest BCUT2D eigenvalue weighted by Gasteiger charge is -1.48. The normalized spacial score (nSPS) is 6.71. The predicted molar refractivity (Wildman–Crippen MR) is 91.0 cm³/mol. The third-order valence-electron chi connectivity index (χ3n) is 0.236.